The molecule has 4 rings (SSSR count). The number of anilines is 1. The van der Waals surface area contributed by atoms with Gasteiger partial charge in [0.2, 0.25) is 0 Å². The van der Waals surface area contributed by atoms with Crippen LogP contribution in [0.3, 0.4) is 0 Å². The molecule has 1 aliphatic rings. The summed E-state index contributed by atoms with van der Waals surface area (Å²) in [5.74, 6) is 0.333. The molecule has 3 aromatic rings. The molecule has 0 bridgehead atoms. The predicted molar refractivity (Wildman–Crippen MR) is 117 cm³/mol. The Labute approximate surface area is 184 Å². The smallest absolute Gasteiger partial charge is 0.341 e. The number of benzene rings is 1. The number of rotatable bonds is 6. The quantitative estimate of drug-likeness (QED) is 0.551. The molecule has 0 unspecified atom stereocenters. The number of aromatic nitrogens is 1. The number of aryl methyl sites for hydroxylation is 3. The summed E-state index contributed by atoms with van der Waals surface area (Å²) in [5.41, 5.74) is 3.23. The van der Waals surface area contributed by atoms with Crippen LogP contribution in [0.4, 0.5) is 5.00 Å². The average molecular weight is 441 g/mol. The van der Waals surface area contributed by atoms with Crippen LogP contribution in [0.1, 0.15) is 61.0 Å². The second-order valence-corrected chi connectivity index (χ2v) is 8.64. The van der Waals surface area contributed by atoms with Gasteiger partial charge in [0, 0.05) is 4.88 Å². The topological polar surface area (TPSA) is 90.7 Å². The van der Waals surface area contributed by atoms with E-state index >= 15 is 0 Å². The van der Waals surface area contributed by atoms with Crippen molar-refractivity contribution in [1.82, 2.24) is 5.16 Å². The van der Waals surface area contributed by atoms with Gasteiger partial charge in [-0.3, -0.25) is 4.79 Å². The van der Waals surface area contributed by atoms with E-state index in [4.69, 9.17) is 14.0 Å². The highest BCUT2D eigenvalue weighted by molar-refractivity contribution is 7.17. The van der Waals surface area contributed by atoms with Gasteiger partial charge in [-0.15, -0.1) is 11.3 Å². The molecule has 1 amide bonds. The number of nitrogens with one attached hydrogen (secondary N) is 1. The number of carbonyl (C=O) groups is 2. The van der Waals surface area contributed by atoms with Gasteiger partial charge in [0.1, 0.15) is 23.1 Å². The fraction of sp³-hybridized carbons (Fsp3) is 0.348. The predicted octanol–water partition coefficient (Wildman–Crippen LogP) is 4.85. The number of esters is 1. The molecule has 0 saturated carbocycles. The minimum absolute atomic E-state index is 0.145. The van der Waals surface area contributed by atoms with E-state index in [9.17, 15) is 9.59 Å². The first kappa shape index (κ1) is 21.1. The van der Waals surface area contributed by atoms with Crippen molar-refractivity contribution >= 4 is 28.2 Å². The van der Waals surface area contributed by atoms with E-state index in [-0.39, 0.29) is 12.3 Å². The Bertz CT molecular complexity index is 1130. The summed E-state index contributed by atoms with van der Waals surface area (Å²) >= 11 is 1.43. The maximum absolute atomic E-state index is 13.1. The van der Waals surface area contributed by atoms with Crippen LogP contribution in [-0.4, -0.2) is 24.1 Å². The van der Waals surface area contributed by atoms with Crippen LogP contribution in [0.2, 0.25) is 0 Å². The second kappa shape index (κ2) is 8.93. The van der Waals surface area contributed by atoms with E-state index in [0.717, 1.165) is 41.7 Å². The first-order valence-electron chi connectivity index (χ1n) is 10.2. The number of methoxy groups -OCH3 is 1. The third-order valence-corrected chi connectivity index (χ3v) is 6.57. The minimum atomic E-state index is -0.441. The summed E-state index contributed by atoms with van der Waals surface area (Å²) in [7, 11) is 1.35. The lowest BCUT2D eigenvalue weighted by Crippen LogP contribution is -2.17. The molecule has 7 nitrogen and oxygen atoms in total. The van der Waals surface area contributed by atoms with Gasteiger partial charge in [-0.25, -0.2) is 4.79 Å². The Morgan fingerprint density at radius 2 is 2.03 bits per heavy atom. The Kier molecular flexibility index (Phi) is 6.08. The molecule has 0 saturated heterocycles. The van der Waals surface area contributed by atoms with Gasteiger partial charge in [0.15, 0.2) is 5.69 Å². The van der Waals surface area contributed by atoms with Crippen molar-refractivity contribution in [2.45, 2.75) is 46.1 Å². The number of amides is 1. The SMILES string of the molecule is COC(=O)c1c(NC(=O)c2noc(C)c2COc2cccc(C)c2)sc2c1CCCC2. The van der Waals surface area contributed by atoms with Gasteiger partial charge in [-0.05, 0) is 62.8 Å². The molecule has 0 fully saturated rings. The average Bonchev–Trinajstić information content (AvgIpc) is 3.31. The van der Waals surface area contributed by atoms with Gasteiger partial charge in [-0.2, -0.15) is 0 Å². The van der Waals surface area contributed by atoms with Crippen molar-refractivity contribution in [3.05, 3.63) is 62.9 Å². The second-order valence-electron chi connectivity index (χ2n) is 7.53. The van der Waals surface area contributed by atoms with Crippen molar-refractivity contribution in [1.29, 1.82) is 0 Å². The lowest BCUT2D eigenvalue weighted by atomic mass is 9.95. The maximum atomic E-state index is 13.1. The normalized spacial score (nSPS) is 12.9. The molecule has 0 radical (unpaired) electrons. The zero-order chi connectivity index (χ0) is 22.0. The fourth-order valence-corrected chi connectivity index (χ4v) is 5.01. The number of hydrogen-bond acceptors (Lipinski definition) is 7. The third-order valence-electron chi connectivity index (χ3n) is 5.36. The molecule has 0 atom stereocenters. The number of thiophene rings is 1. The highest BCUT2D eigenvalue weighted by Gasteiger charge is 2.29. The number of nitrogens with zero attached hydrogens (tertiary/aromatic N) is 1. The Balaban J connectivity index is 1.57. The zero-order valence-corrected chi connectivity index (χ0v) is 18.6. The fourth-order valence-electron chi connectivity index (χ4n) is 3.73. The van der Waals surface area contributed by atoms with Gasteiger partial charge >= 0.3 is 5.97 Å². The summed E-state index contributed by atoms with van der Waals surface area (Å²) in [5, 5.41) is 7.30. The van der Waals surface area contributed by atoms with E-state index in [0.29, 0.717) is 27.6 Å². The molecule has 1 N–H and O–H groups in total. The molecule has 1 aromatic carbocycles. The van der Waals surface area contributed by atoms with Crippen LogP contribution in [0.15, 0.2) is 28.8 Å². The molecule has 2 heterocycles. The largest absolute Gasteiger partial charge is 0.489 e. The molecule has 162 valence electrons. The minimum Gasteiger partial charge on any atom is -0.489 e. The summed E-state index contributed by atoms with van der Waals surface area (Å²) in [6.45, 7) is 3.87. The number of hydrogen-bond donors (Lipinski definition) is 1. The van der Waals surface area contributed by atoms with Crippen LogP contribution in [0.25, 0.3) is 0 Å². The number of ether oxygens (including phenoxy) is 2. The number of carbonyl (C=O) groups excluding carboxylic acids is 2. The molecule has 0 aliphatic heterocycles. The van der Waals surface area contributed by atoms with E-state index in [1.165, 1.54) is 18.4 Å². The lowest BCUT2D eigenvalue weighted by molar-refractivity contribution is 0.0601. The zero-order valence-electron chi connectivity index (χ0n) is 17.7. The summed E-state index contributed by atoms with van der Waals surface area (Å²) in [4.78, 5) is 26.6. The van der Waals surface area contributed by atoms with Crippen molar-refractivity contribution in [2.75, 3.05) is 12.4 Å². The van der Waals surface area contributed by atoms with Crippen molar-refractivity contribution in [3.8, 4) is 5.75 Å². The Hall–Kier alpha value is -3.13. The first-order chi connectivity index (χ1) is 15.0. The molecule has 31 heavy (non-hydrogen) atoms. The van der Waals surface area contributed by atoms with E-state index in [1.54, 1.807) is 6.92 Å². The van der Waals surface area contributed by atoms with Gasteiger partial charge < -0.3 is 19.3 Å². The van der Waals surface area contributed by atoms with E-state index in [1.807, 2.05) is 31.2 Å². The summed E-state index contributed by atoms with van der Waals surface area (Å²) in [6, 6.07) is 7.66. The maximum Gasteiger partial charge on any atom is 0.341 e. The first-order valence-corrected chi connectivity index (χ1v) is 11.0. The molecule has 2 aromatic heterocycles. The van der Waals surface area contributed by atoms with Crippen LogP contribution in [0, 0.1) is 13.8 Å². The van der Waals surface area contributed by atoms with Crippen LogP contribution in [0.5, 0.6) is 5.75 Å². The molecule has 1 aliphatic carbocycles. The highest BCUT2D eigenvalue weighted by atomic mass is 32.1. The lowest BCUT2D eigenvalue weighted by Gasteiger charge is -2.11. The highest BCUT2D eigenvalue weighted by Crippen LogP contribution is 2.38. The summed E-state index contributed by atoms with van der Waals surface area (Å²) in [6.07, 6.45) is 3.80. The summed E-state index contributed by atoms with van der Waals surface area (Å²) < 4.78 is 16.1. The number of fused-ring (bicyclic) bond motifs is 1. The van der Waals surface area contributed by atoms with Crippen molar-refractivity contribution in [2.24, 2.45) is 0 Å². The van der Waals surface area contributed by atoms with Crippen molar-refractivity contribution in [3.63, 3.8) is 0 Å². The van der Waals surface area contributed by atoms with Gasteiger partial charge in [0.25, 0.3) is 5.91 Å². The Morgan fingerprint density at radius 3 is 2.81 bits per heavy atom. The molecular weight excluding hydrogens is 416 g/mol. The van der Waals surface area contributed by atoms with Crippen LogP contribution < -0.4 is 10.1 Å². The Morgan fingerprint density at radius 1 is 1.23 bits per heavy atom. The monoisotopic (exact) mass is 440 g/mol. The standard InChI is InChI=1S/C23H24N2O5S/c1-13-7-6-8-15(11-13)29-12-17-14(2)30-25-20(17)21(26)24-22-19(23(27)28-3)16-9-4-5-10-18(16)31-22/h6-8,11H,4-5,9-10,12H2,1-3H3,(H,24,26). The van der Waals surface area contributed by atoms with Crippen LogP contribution in [-0.2, 0) is 24.2 Å². The van der Waals surface area contributed by atoms with E-state index < -0.39 is 11.9 Å². The van der Waals surface area contributed by atoms with Gasteiger partial charge in [-0.1, -0.05) is 17.3 Å². The van der Waals surface area contributed by atoms with Gasteiger partial charge in [0.05, 0.1) is 18.2 Å². The molecular formula is C23H24N2O5S. The molecule has 0 spiro atoms. The third kappa shape index (κ3) is 4.34. The van der Waals surface area contributed by atoms with Crippen molar-refractivity contribution < 1.29 is 23.6 Å². The molecule has 8 heteroatoms. The van der Waals surface area contributed by atoms with E-state index in [2.05, 4.69) is 10.5 Å². The van der Waals surface area contributed by atoms with Crippen LogP contribution >= 0.6 is 11.3 Å².